The lowest BCUT2D eigenvalue weighted by molar-refractivity contribution is 1.02. The molecule has 0 atom stereocenters. The third kappa shape index (κ3) is 5.41. The summed E-state index contributed by atoms with van der Waals surface area (Å²) < 4.78 is 4.34. The van der Waals surface area contributed by atoms with Gasteiger partial charge in [0.2, 0.25) is 0 Å². The molecule has 226 valence electrons. The highest BCUT2D eigenvalue weighted by molar-refractivity contribution is 5.81. The third-order valence-corrected chi connectivity index (χ3v) is 8.57. The van der Waals surface area contributed by atoms with Crippen molar-refractivity contribution in [1.29, 1.82) is 0 Å². The van der Waals surface area contributed by atoms with Gasteiger partial charge in [-0.1, -0.05) is 78.4 Å². The highest BCUT2D eigenvalue weighted by Gasteiger charge is 2.18. The van der Waals surface area contributed by atoms with Crippen LogP contribution in [0.2, 0.25) is 0 Å². The maximum atomic E-state index is 4.84. The van der Waals surface area contributed by atoms with Crippen molar-refractivity contribution < 1.29 is 0 Å². The van der Waals surface area contributed by atoms with Gasteiger partial charge >= 0.3 is 0 Å². The lowest BCUT2D eigenvalue weighted by Crippen LogP contribution is -2.10. The second-order valence-electron chi connectivity index (χ2n) is 12.0. The van der Waals surface area contributed by atoms with E-state index in [0.29, 0.717) is 0 Å². The molecule has 0 unspecified atom stereocenters. The van der Waals surface area contributed by atoms with E-state index in [1.807, 2.05) is 12.5 Å². The van der Waals surface area contributed by atoms with E-state index in [1.165, 1.54) is 39.2 Å². The summed E-state index contributed by atoms with van der Waals surface area (Å²) in [7, 11) is 0. The maximum absolute atomic E-state index is 4.84. The highest BCUT2D eigenvalue weighted by Crippen LogP contribution is 2.38. The monoisotopic (exact) mass is 599 g/mol. The van der Waals surface area contributed by atoms with Gasteiger partial charge in [-0.05, 0) is 93.3 Å². The minimum atomic E-state index is 0.913. The van der Waals surface area contributed by atoms with Crippen molar-refractivity contribution in [3.8, 4) is 34.0 Å². The summed E-state index contributed by atoms with van der Waals surface area (Å²) in [5.41, 5.74) is 14.7. The summed E-state index contributed by atoms with van der Waals surface area (Å²) in [6, 6.07) is 38.6. The van der Waals surface area contributed by atoms with Crippen molar-refractivity contribution in [1.82, 2.24) is 19.1 Å². The molecule has 0 spiro atoms. The molecular formula is C41H37N5. The molecule has 7 rings (SSSR count). The molecule has 5 aromatic carbocycles. The topological polar surface area (TPSA) is 38.9 Å². The minimum absolute atomic E-state index is 0.913. The Hall–Kier alpha value is -5.68. The zero-order chi connectivity index (χ0) is 31.8. The summed E-state index contributed by atoms with van der Waals surface area (Å²) >= 11 is 0. The molecule has 0 fully saturated rings. The Morgan fingerprint density at radius 3 is 1.85 bits per heavy atom. The van der Waals surface area contributed by atoms with Crippen molar-refractivity contribution in [3.05, 3.63) is 162 Å². The lowest BCUT2D eigenvalue weighted by Gasteiger charge is -2.26. The predicted octanol–water partition coefficient (Wildman–Crippen LogP) is 10.4. The molecule has 0 bridgehead atoms. The molecule has 0 saturated heterocycles. The Morgan fingerprint density at radius 1 is 0.543 bits per heavy atom. The van der Waals surface area contributed by atoms with Crippen molar-refractivity contribution in [2.24, 2.45) is 0 Å². The van der Waals surface area contributed by atoms with Crippen LogP contribution in [0.3, 0.4) is 0 Å². The Bertz CT molecular complexity index is 2130. The van der Waals surface area contributed by atoms with Gasteiger partial charge in [-0.2, -0.15) is 0 Å². The quantitative estimate of drug-likeness (QED) is 0.183. The fraction of sp³-hybridized carbons (Fsp3) is 0.122. The van der Waals surface area contributed by atoms with Crippen molar-refractivity contribution in [3.63, 3.8) is 0 Å². The summed E-state index contributed by atoms with van der Waals surface area (Å²) in [5.74, 6) is 0.913. The van der Waals surface area contributed by atoms with Gasteiger partial charge in [0.1, 0.15) is 5.82 Å². The predicted molar refractivity (Wildman–Crippen MR) is 190 cm³/mol. The van der Waals surface area contributed by atoms with E-state index >= 15 is 0 Å². The van der Waals surface area contributed by atoms with E-state index in [9.17, 15) is 0 Å². The van der Waals surface area contributed by atoms with Crippen molar-refractivity contribution in [2.45, 2.75) is 34.6 Å². The SMILES string of the molecule is Cc1cc(C)c(-n2ccnc2-c2cccc(N(c3ccccc3)c3cccc(-c4cn(-c5c(C)cccc5C)cn4)c3)c2)c(C)c1. The fourth-order valence-corrected chi connectivity index (χ4v) is 6.67. The molecule has 0 aliphatic heterocycles. The number of nitrogens with zero attached hydrogens (tertiary/aromatic N) is 5. The van der Waals surface area contributed by atoms with Gasteiger partial charge in [-0.15, -0.1) is 0 Å². The molecular weight excluding hydrogens is 562 g/mol. The number of hydrogen-bond acceptors (Lipinski definition) is 3. The maximum Gasteiger partial charge on any atom is 0.144 e. The summed E-state index contributed by atoms with van der Waals surface area (Å²) in [5, 5.41) is 0. The Balaban J connectivity index is 1.31. The fourth-order valence-electron chi connectivity index (χ4n) is 6.67. The Morgan fingerprint density at radius 2 is 1.15 bits per heavy atom. The Labute approximate surface area is 271 Å². The lowest BCUT2D eigenvalue weighted by atomic mass is 10.0. The highest BCUT2D eigenvalue weighted by atomic mass is 15.1. The van der Waals surface area contributed by atoms with Gasteiger partial charge in [0.15, 0.2) is 0 Å². The van der Waals surface area contributed by atoms with Crippen LogP contribution in [0.25, 0.3) is 34.0 Å². The van der Waals surface area contributed by atoms with E-state index < -0.39 is 0 Å². The Kier molecular flexibility index (Phi) is 7.59. The third-order valence-electron chi connectivity index (χ3n) is 8.57. The van der Waals surface area contributed by atoms with E-state index in [2.05, 4.69) is 170 Å². The van der Waals surface area contributed by atoms with E-state index in [0.717, 1.165) is 39.7 Å². The van der Waals surface area contributed by atoms with Gasteiger partial charge in [0.25, 0.3) is 0 Å². The van der Waals surface area contributed by atoms with Crippen LogP contribution in [0, 0.1) is 34.6 Å². The first-order valence-corrected chi connectivity index (χ1v) is 15.7. The van der Waals surface area contributed by atoms with Gasteiger partial charge in [0, 0.05) is 46.8 Å². The van der Waals surface area contributed by atoms with Crippen LogP contribution in [0.15, 0.2) is 134 Å². The van der Waals surface area contributed by atoms with Crippen LogP contribution < -0.4 is 4.90 Å². The van der Waals surface area contributed by atoms with E-state index in [4.69, 9.17) is 9.97 Å². The van der Waals surface area contributed by atoms with Gasteiger partial charge < -0.3 is 9.47 Å². The molecule has 7 aromatic rings. The molecule has 46 heavy (non-hydrogen) atoms. The van der Waals surface area contributed by atoms with Crippen LogP contribution in [0.1, 0.15) is 27.8 Å². The van der Waals surface area contributed by atoms with Crippen LogP contribution >= 0.6 is 0 Å². The van der Waals surface area contributed by atoms with Gasteiger partial charge in [-0.25, -0.2) is 9.97 Å². The standard InChI is InChI=1S/C41H37N5/c1-28-22-31(4)40(32(5)23-28)45-21-20-42-41(45)34-15-11-19-37(25-34)46(35-16-7-6-8-17-35)36-18-10-14-33(24-36)38-26-44(27-43-38)39-29(2)12-9-13-30(39)3/h6-27H,1-5H3. The number of rotatable bonds is 7. The number of imidazole rings is 2. The minimum Gasteiger partial charge on any atom is -0.310 e. The van der Waals surface area contributed by atoms with Gasteiger partial charge in [0.05, 0.1) is 23.4 Å². The number of benzene rings is 5. The van der Waals surface area contributed by atoms with Gasteiger partial charge in [-0.3, -0.25) is 4.57 Å². The normalized spacial score (nSPS) is 11.2. The molecule has 5 heteroatoms. The zero-order valence-electron chi connectivity index (χ0n) is 26.9. The molecule has 0 aliphatic rings. The van der Waals surface area contributed by atoms with Crippen LogP contribution in [0.5, 0.6) is 0 Å². The average molecular weight is 600 g/mol. The van der Waals surface area contributed by atoms with Crippen molar-refractivity contribution in [2.75, 3.05) is 4.90 Å². The van der Waals surface area contributed by atoms with Crippen molar-refractivity contribution >= 4 is 17.1 Å². The zero-order valence-corrected chi connectivity index (χ0v) is 26.9. The van der Waals surface area contributed by atoms with Crippen LogP contribution in [0.4, 0.5) is 17.1 Å². The summed E-state index contributed by atoms with van der Waals surface area (Å²) in [4.78, 5) is 12.0. The smallest absolute Gasteiger partial charge is 0.144 e. The second-order valence-corrected chi connectivity index (χ2v) is 12.0. The molecule has 2 heterocycles. The van der Waals surface area contributed by atoms with E-state index in [-0.39, 0.29) is 0 Å². The molecule has 0 saturated carbocycles. The summed E-state index contributed by atoms with van der Waals surface area (Å²) in [6.45, 7) is 10.8. The molecule has 0 aliphatic carbocycles. The second kappa shape index (κ2) is 12.0. The first kappa shape index (κ1) is 29.1. The number of hydrogen-bond donors (Lipinski definition) is 0. The molecule has 0 radical (unpaired) electrons. The van der Waals surface area contributed by atoms with Crippen LogP contribution in [-0.2, 0) is 0 Å². The van der Waals surface area contributed by atoms with E-state index in [1.54, 1.807) is 0 Å². The number of anilines is 3. The first-order chi connectivity index (χ1) is 22.4. The number of aromatic nitrogens is 4. The molecule has 0 N–H and O–H groups in total. The van der Waals surface area contributed by atoms with Crippen LogP contribution in [-0.4, -0.2) is 19.1 Å². The molecule has 0 amide bonds. The summed E-state index contributed by atoms with van der Waals surface area (Å²) in [6.07, 6.45) is 7.98. The number of para-hydroxylation sites is 2. The largest absolute Gasteiger partial charge is 0.310 e. The molecule has 2 aromatic heterocycles. The first-order valence-electron chi connectivity index (χ1n) is 15.7. The molecule has 5 nitrogen and oxygen atoms in total. The number of aryl methyl sites for hydroxylation is 5. The average Bonchev–Trinajstić information content (AvgIpc) is 3.73.